The Morgan fingerprint density at radius 2 is 1.67 bits per heavy atom. The van der Waals surface area contributed by atoms with Gasteiger partial charge in [-0.25, -0.2) is 8.42 Å². The number of carbonyl (C=O) groups is 2. The molecule has 0 radical (unpaired) electrons. The number of carboxylic acid groups (broad SMARTS) is 1. The number of hydrogen-bond acceptors (Lipinski definition) is 5. The Morgan fingerprint density at radius 1 is 1.00 bits per heavy atom. The maximum Gasteiger partial charge on any atom is 0.323 e. The zero-order valence-corrected chi connectivity index (χ0v) is 20.3. The lowest BCUT2D eigenvalue weighted by atomic mass is 10.1. The number of hydrogen-bond donors (Lipinski definition) is 1. The first kappa shape index (κ1) is 25.0. The lowest BCUT2D eigenvalue weighted by Crippen LogP contribution is -2.50. The summed E-state index contributed by atoms with van der Waals surface area (Å²) in [5.41, 5.74) is 1.36. The number of carboxylic acids is 1. The van der Waals surface area contributed by atoms with Gasteiger partial charge >= 0.3 is 5.97 Å². The molecule has 0 saturated carbocycles. The van der Waals surface area contributed by atoms with Gasteiger partial charge < -0.3 is 14.7 Å². The second-order valence-corrected chi connectivity index (χ2v) is 9.89. The highest BCUT2D eigenvalue weighted by Crippen LogP contribution is 2.32. The van der Waals surface area contributed by atoms with Crippen molar-refractivity contribution in [3.05, 3.63) is 90.0 Å². The smallest absolute Gasteiger partial charge is 0.323 e. The molecular formula is C27H24N2O6S. The number of sulfonamides is 1. The second-order valence-electron chi connectivity index (χ2n) is 8.00. The third-order valence-corrected chi connectivity index (χ3v) is 7.65. The van der Waals surface area contributed by atoms with Crippen LogP contribution in [0.2, 0.25) is 0 Å². The van der Waals surface area contributed by atoms with Gasteiger partial charge in [0.05, 0.1) is 11.4 Å². The van der Waals surface area contributed by atoms with E-state index in [1.807, 2.05) is 0 Å². The average Bonchev–Trinajstić information content (AvgIpc) is 3.07. The van der Waals surface area contributed by atoms with Gasteiger partial charge in [0.1, 0.15) is 18.4 Å². The summed E-state index contributed by atoms with van der Waals surface area (Å²) < 4.78 is 33.7. The Bertz CT molecular complexity index is 1430. The number of nitrogens with zero attached hydrogens (tertiary/aromatic N) is 2. The van der Waals surface area contributed by atoms with Crippen LogP contribution in [0.1, 0.15) is 22.8 Å². The monoisotopic (exact) mass is 504 g/mol. The van der Waals surface area contributed by atoms with E-state index in [0.717, 1.165) is 4.31 Å². The first-order chi connectivity index (χ1) is 17.3. The molecule has 1 atom stereocenters. The molecule has 184 valence electrons. The van der Waals surface area contributed by atoms with Crippen LogP contribution in [0, 0.1) is 11.8 Å². The van der Waals surface area contributed by atoms with E-state index >= 15 is 0 Å². The van der Waals surface area contributed by atoms with Gasteiger partial charge in [-0.1, -0.05) is 42.3 Å². The molecule has 36 heavy (non-hydrogen) atoms. The number of benzene rings is 3. The van der Waals surface area contributed by atoms with E-state index in [1.54, 1.807) is 61.5 Å². The molecule has 0 fully saturated rings. The normalized spacial score (nSPS) is 15.7. The number of carbonyl (C=O) groups excluding carboxylic acids is 1. The molecule has 1 heterocycles. The number of anilines is 1. The van der Waals surface area contributed by atoms with Crippen LogP contribution in [-0.2, 0) is 21.4 Å². The van der Waals surface area contributed by atoms with Crippen molar-refractivity contribution < 1.29 is 27.9 Å². The van der Waals surface area contributed by atoms with Crippen molar-refractivity contribution in [2.75, 3.05) is 18.1 Å². The second kappa shape index (κ2) is 10.6. The zero-order valence-electron chi connectivity index (χ0n) is 19.5. The quantitative estimate of drug-likeness (QED) is 0.516. The Hall–Kier alpha value is -4.13. The van der Waals surface area contributed by atoms with Gasteiger partial charge in [-0.2, -0.15) is 4.31 Å². The molecule has 4 rings (SSSR count). The number of fused-ring (bicyclic) bond motifs is 1. The van der Waals surface area contributed by atoms with Crippen molar-refractivity contribution in [3.8, 4) is 17.6 Å². The molecule has 0 aromatic heterocycles. The fourth-order valence-corrected chi connectivity index (χ4v) is 5.52. The van der Waals surface area contributed by atoms with Crippen LogP contribution in [0.25, 0.3) is 0 Å². The molecular weight excluding hydrogens is 480 g/mol. The van der Waals surface area contributed by atoms with Crippen molar-refractivity contribution in [1.82, 2.24) is 4.31 Å². The third kappa shape index (κ3) is 5.10. The predicted molar refractivity (Wildman–Crippen MR) is 134 cm³/mol. The summed E-state index contributed by atoms with van der Waals surface area (Å²) in [5.74, 6) is 4.14. The fraction of sp³-hybridized carbons (Fsp3) is 0.185. The molecule has 1 aliphatic heterocycles. The minimum atomic E-state index is -4.25. The summed E-state index contributed by atoms with van der Waals surface area (Å²) in [7, 11) is -4.25. The molecule has 0 spiro atoms. The van der Waals surface area contributed by atoms with E-state index in [4.69, 9.17) is 4.74 Å². The minimum Gasteiger partial charge on any atom is -0.481 e. The highest BCUT2D eigenvalue weighted by atomic mass is 32.2. The van der Waals surface area contributed by atoms with E-state index in [9.17, 15) is 23.1 Å². The summed E-state index contributed by atoms with van der Waals surface area (Å²) in [6, 6.07) is 19.5. The third-order valence-electron chi connectivity index (χ3n) is 5.78. The van der Waals surface area contributed by atoms with Crippen molar-refractivity contribution in [2.45, 2.75) is 24.4 Å². The van der Waals surface area contributed by atoms with Crippen LogP contribution >= 0.6 is 0 Å². The molecule has 1 N–H and O–H groups in total. The van der Waals surface area contributed by atoms with Crippen LogP contribution < -0.4 is 9.64 Å². The number of rotatable bonds is 6. The van der Waals surface area contributed by atoms with Gasteiger partial charge in [-0.05, 0) is 55.0 Å². The van der Waals surface area contributed by atoms with E-state index < -0.39 is 27.9 Å². The maximum absolute atomic E-state index is 13.7. The number of amides is 1. The van der Waals surface area contributed by atoms with Crippen LogP contribution in [-0.4, -0.2) is 48.9 Å². The first-order valence-corrected chi connectivity index (χ1v) is 12.6. The molecule has 3 aromatic carbocycles. The molecule has 1 amide bonds. The number of ether oxygens (including phenoxy) is 1. The van der Waals surface area contributed by atoms with Crippen molar-refractivity contribution in [1.29, 1.82) is 0 Å². The van der Waals surface area contributed by atoms with Crippen LogP contribution in [0.4, 0.5) is 5.69 Å². The van der Waals surface area contributed by atoms with E-state index in [-0.39, 0.29) is 24.6 Å². The van der Waals surface area contributed by atoms with E-state index in [2.05, 4.69) is 11.8 Å². The summed E-state index contributed by atoms with van der Waals surface area (Å²) >= 11 is 0. The Morgan fingerprint density at radius 3 is 2.33 bits per heavy atom. The molecule has 1 aliphatic rings. The highest BCUT2D eigenvalue weighted by molar-refractivity contribution is 7.89. The van der Waals surface area contributed by atoms with Crippen LogP contribution in [0.3, 0.4) is 0 Å². The summed E-state index contributed by atoms with van der Waals surface area (Å²) in [5, 5.41) is 10.1. The van der Waals surface area contributed by atoms with Gasteiger partial charge in [-0.3, -0.25) is 9.59 Å². The SMILES string of the molecule is CC#CCOc1ccc(S(=O)(=O)N2Cc3ccccc3N(C(=O)c3ccccc3)CC2C(=O)O)cc1. The van der Waals surface area contributed by atoms with E-state index in [0.29, 0.717) is 22.6 Å². The molecule has 9 heteroatoms. The number of aliphatic carboxylic acids is 1. The molecule has 3 aromatic rings. The average molecular weight is 505 g/mol. The van der Waals surface area contributed by atoms with Crippen molar-refractivity contribution in [3.63, 3.8) is 0 Å². The van der Waals surface area contributed by atoms with Crippen molar-refractivity contribution >= 4 is 27.6 Å². The zero-order chi connectivity index (χ0) is 25.7. The van der Waals surface area contributed by atoms with Crippen LogP contribution in [0.15, 0.2) is 83.8 Å². The molecule has 8 nitrogen and oxygen atoms in total. The topological polar surface area (TPSA) is 104 Å². The Labute approximate surface area is 209 Å². The first-order valence-electron chi connectivity index (χ1n) is 11.1. The lowest BCUT2D eigenvalue weighted by Gasteiger charge is -2.28. The van der Waals surface area contributed by atoms with Crippen LogP contribution in [0.5, 0.6) is 5.75 Å². The predicted octanol–water partition coefficient (Wildman–Crippen LogP) is 3.39. The van der Waals surface area contributed by atoms with Gasteiger partial charge in [0.2, 0.25) is 10.0 Å². The Kier molecular flexibility index (Phi) is 7.38. The number of para-hydroxylation sites is 1. The van der Waals surface area contributed by atoms with Gasteiger partial charge in [0.15, 0.2) is 0 Å². The summed E-state index contributed by atoms with van der Waals surface area (Å²) in [6.45, 7) is 1.29. The largest absolute Gasteiger partial charge is 0.481 e. The van der Waals surface area contributed by atoms with Gasteiger partial charge in [0.25, 0.3) is 5.91 Å². The molecule has 0 saturated heterocycles. The lowest BCUT2D eigenvalue weighted by molar-refractivity contribution is -0.141. The Balaban J connectivity index is 1.73. The highest BCUT2D eigenvalue weighted by Gasteiger charge is 2.41. The standard InChI is InChI=1S/C27H24N2O6S/c1-2-3-17-35-22-13-15-23(16-14-22)36(33,34)29-18-21-11-7-8-12-24(21)28(19-25(29)27(31)32)26(30)20-9-5-4-6-10-20/h4-16,25H,17-19H2,1H3,(H,31,32). The molecule has 0 bridgehead atoms. The van der Waals surface area contributed by atoms with Crippen molar-refractivity contribution in [2.24, 2.45) is 0 Å². The minimum absolute atomic E-state index is 0.0806. The van der Waals surface area contributed by atoms with E-state index in [1.165, 1.54) is 29.2 Å². The maximum atomic E-state index is 13.7. The summed E-state index contributed by atoms with van der Waals surface area (Å²) in [4.78, 5) is 27.0. The molecule has 0 aliphatic carbocycles. The summed E-state index contributed by atoms with van der Waals surface area (Å²) in [6.07, 6.45) is 0. The van der Waals surface area contributed by atoms with Gasteiger partial charge in [0, 0.05) is 17.8 Å². The fourth-order valence-electron chi connectivity index (χ4n) is 3.97. The molecule has 1 unspecified atom stereocenters. The van der Waals surface area contributed by atoms with Gasteiger partial charge in [-0.15, -0.1) is 5.92 Å².